The largest absolute Gasteiger partial charge is 1.00 e. The van der Waals surface area contributed by atoms with E-state index in [2.05, 4.69) is 0 Å². The van der Waals surface area contributed by atoms with E-state index in [9.17, 15) is 19.8 Å². The maximum absolute atomic E-state index is 10.5. The van der Waals surface area contributed by atoms with Crippen molar-refractivity contribution >= 4 is 11.9 Å². The molecule has 0 unspecified atom stereocenters. The van der Waals surface area contributed by atoms with Crippen molar-refractivity contribution in [1.82, 2.24) is 0 Å². The van der Waals surface area contributed by atoms with E-state index in [0.717, 1.165) is 0 Å². The summed E-state index contributed by atoms with van der Waals surface area (Å²) in [6.07, 6.45) is 0. The summed E-state index contributed by atoms with van der Waals surface area (Å²) in [5.74, 6) is -3.01. The second kappa shape index (κ2) is 7.44. The maximum Gasteiger partial charge on any atom is 1.00 e. The van der Waals surface area contributed by atoms with E-state index >= 15 is 0 Å². The fourth-order valence-corrected chi connectivity index (χ4v) is 1.11. The summed E-state index contributed by atoms with van der Waals surface area (Å²) in [6, 6.07) is 4.12. The number of rotatable bonds is 2. The molecule has 0 atom stereocenters. The van der Waals surface area contributed by atoms with E-state index in [1.807, 2.05) is 0 Å². The minimum Gasteiger partial charge on any atom is -0.545 e. The predicted molar refractivity (Wildman–Crippen MR) is 39.8 cm³/mol. The summed E-state index contributed by atoms with van der Waals surface area (Å²) < 4.78 is 0. The van der Waals surface area contributed by atoms with Crippen LogP contribution in [0, 0.1) is 6.92 Å². The Morgan fingerprint density at radius 3 is 1.93 bits per heavy atom. The summed E-state index contributed by atoms with van der Waals surface area (Å²) in [5, 5.41) is 21.0. The second-order valence-corrected chi connectivity index (χ2v) is 2.57. The van der Waals surface area contributed by atoms with Crippen molar-refractivity contribution in [3.63, 3.8) is 0 Å². The van der Waals surface area contributed by atoms with Crippen LogP contribution in [-0.4, -0.2) is 11.9 Å². The first kappa shape index (κ1) is 17.6. The SMILES string of the molecule is Cc1cccc(C(=O)[O-])c1C(=O)[O-].[Na+].[Na+]. The van der Waals surface area contributed by atoms with Crippen LogP contribution in [0.25, 0.3) is 0 Å². The average Bonchev–Trinajstić information content (AvgIpc) is 2.02. The van der Waals surface area contributed by atoms with Crippen LogP contribution in [0.4, 0.5) is 0 Å². The van der Waals surface area contributed by atoms with Crippen molar-refractivity contribution in [2.24, 2.45) is 0 Å². The standard InChI is InChI=1S/C9H8O4.2Na/c1-5-3-2-4-6(8(10)11)7(5)9(12)13;;/h2-4H,1H3,(H,10,11)(H,12,13);;/q;2*+1/p-2. The summed E-state index contributed by atoms with van der Waals surface area (Å²) in [6.45, 7) is 1.50. The van der Waals surface area contributed by atoms with Gasteiger partial charge in [-0.2, -0.15) is 0 Å². The monoisotopic (exact) mass is 224 g/mol. The molecule has 0 N–H and O–H groups in total. The molecular weight excluding hydrogens is 218 g/mol. The van der Waals surface area contributed by atoms with Crippen molar-refractivity contribution in [2.75, 3.05) is 0 Å². The van der Waals surface area contributed by atoms with Gasteiger partial charge in [0.05, 0.1) is 11.9 Å². The van der Waals surface area contributed by atoms with Gasteiger partial charge in [-0.05, 0) is 12.5 Å². The molecule has 6 heteroatoms. The number of carboxylic acids is 2. The number of benzene rings is 1. The molecule has 0 aliphatic heterocycles. The molecule has 15 heavy (non-hydrogen) atoms. The van der Waals surface area contributed by atoms with E-state index in [1.54, 1.807) is 0 Å². The average molecular weight is 224 g/mol. The molecule has 1 rings (SSSR count). The van der Waals surface area contributed by atoms with Gasteiger partial charge in [-0.3, -0.25) is 0 Å². The molecule has 0 heterocycles. The topological polar surface area (TPSA) is 80.3 Å². The molecule has 0 saturated heterocycles. The number of carbonyl (C=O) groups is 2. The van der Waals surface area contributed by atoms with Crippen LogP contribution in [0.1, 0.15) is 26.3 Å². The zero-order chi connectivity index (χ0) is 10.0. The summed E-state index contributed by atoms with van der Waals surface area (Å²) in [4.78, 5) is 21.0. The first-order valence-electron chi connectivity index (χ1n) is 3.56. The van der Waals surface area contributed by atoms with Gasteiger partial charge in [0.1, 0.15) is 0 Å². The van der Waals surface area contributed by atoms with E-state index < -0.39 is 11.9 Å². The number of aryl methyl sites for hydroxylation is 1. The van der Waals surface area contributed by atoms with Gasteiger partial charge in [0.2, 0.25) is 0 Å². The van der Waals surface area contributed by atoms with Crippen molar-refractivity contribution in [3.05, 3.63) is 34.9 Å². The molecule has 68 valence electrons. The fourth-order valence-electron chi connectivity index (χ4n) is 1.11. The van der Waals surface area contributed by atoms with Gasteiger partial charge in [0.25, 0.3) is 0 Å². The van der Waals surface area contributed by atoms with Crippen molar-refractivity contribution in [1.29, 1.82) is 0 Å². The Morgan fingerprint density at radius 1 is 1.07 bits per heavy atom. The molecule has 0 aliphatic rings. The molecule has 0 saturated carbocycles. The summed E-state index contributed by atoms with van der Waals surface area (Å²) in [5.41, 5.74) is -0.316. The molecule has 0 spiro atoms. The van der Waals surface area contributed by atoms with Crippen molar-refractivity contribution < 1.29 is 78.9 Å². The Hall–Kier alpha value is 0.160. The van der Waals surface area contributed by atoms with E-state index in [4.69, 9.17) is 0 Å². The quantitative estimate of drug-likeness (QED) is 0.467. The third-order valence-corrected chi connectivity index (χ3v) is 1.70. The van der Waals surface area contributed by atoms with Gasteiger partial charge in [-0.25, -0.2) is 0 Å². The number of hydrogen-bond acceptors (Lipinski definition) is 4. The molecule has 4 nitrogen and oxygen atoms in total. The van der Waals surface area contributed by atoms with Gasteiger partial charge in [0.15, 0.2) is 0 Å². The number of carboxylic acid groups (broad SMARTS) is 2. The van der Waals surface area contributed by atoms with E-state index in [-0.39, 0.29) is 70.2 Å². The summed E-state index contributed by atoms with van der Waals surface area (Å²) >= 11 is 0. The number of aromatic carboxylic acids is 2. The van der Waals surface area contributed by atoms with Crippen LogP contribution in [0.3, 0.4) is 0 Å². The molecule has 0 bridgehead atoms. The molecule has 0 aliphatic carbocycles. The Kier molecular flexibility index (Phi) is 8.70. The molecule has 0 radical (unpaired) electrons. The Morgan fingerprint density at radius 2 is 1.60 bits per heavy atom. The number of carbonyl (C=O) groups excluding carboxylic acids is 2. The first-order chi connectivity index (χ1) is 6.04. The van der Waals surface area contributed by atoms with Crippen LogP contribution >= 0.6 is 0 Å². The third-order valence-electron chi connectivity index (χ3n) is 1.70. The third kappa shape index (κ3) is 4.26. The zero-order valence-electron chi connectivity index (χ0n) is 8.87. The first-order valence-corrected chi connectivity index (χ1v) is 3.56. The van der Waals surface area contributed by atoms with Gasteiger partial charge in [-0.1, -0.05) is 18.2 Å². The van der Waals surface area contributed by atoms with Crippen LogP contribution in [-0.2, 0) is 0 Å². The maximum atomic E-state index is 10.5. The van der Waals surface area contributed by atoms with Crippen LogP contribution in [0.2, 0.25) is 0 Å². The van der Waals surface area contributed by atoms with Gasteiger partial charge < -0.3 is 19.8 Å². The molecular formula is C9H6Na2O4. The van der Waals surface area contributed by atoms with Gasteiger partial charge in [0, 0.05) is 11.1 Å². The Balaban J connectivity index is 0. The van der Waals surface area contributed by atoms with Crippen molar-refractivity contribution in [3.8, 4) is 0 Å². The van der Waals surface area contributed by atoms with Gasteiger partial charge >= 0.3 is 59.1 Å². The predicted octanol–water partition coefficient (Wildman–Crippen LogP) is -7.27. The Bertz CT molecular complexity index is 376. The van der Waals surface area contributed by atoms with Crippen LogP contribution in [0.15, 0.2) is 18.2 Å². The molecule has 0 fully saturated rings. The minimum atomic E-state index is -1.51. The molecule has 1 aromatic rings. The molecule has 0 amide bonds. The normalized spacial score (nSPS) is 8.33. The zero-order valence-corrected chi connectivity index (χ0v) is 12.9. The van der Waals surface area contributed by atoms with Crippen molar-refractivity contribution in [2.45, 2.75) is 6.92 Å². The molecule has 0 aromatic heterocycles. The smallest absolute Gasteiger partial charge is 0.545 e. The van der Waals surface area contributed by atoms with Crippen LogP contribution in [0.5, 0.6) is 0 Å². The number of hydrogen-bond donors (Lipinski definition) is 0. The van der Waals surface area contributed by atoms with E-state index in [1.165, 1.54) is 25.1 Å². The fraction of sp³-hybridized carbons (Fsp3) is 0.111. The van der Waals surface area contributed by atoms with Crippen LogP contribution < -0.4 is 69.3 Å². The minimum absolute atomic E-state index is 0. The Labute approximate surface area is 131 Å². The van der Waals surface area contributed by atoms with E-state index in [0.29, 0.717) is 5.56 Å². The summed E-state index contributed by atoms with van der Waals surface area (Å²) in [7, 11) is 0. The molecule has 1 aromatic carbocycles. The van der Waals surface area contributed by atoms with Gasteiger partial charge in [-0.15, -0.1) is 0 Å². The second-order valence-electron chi connectivity index (χ2n) is 2.57.